The average Bonchev–Trinajstić information content (AvgIpc) is 2.74. The zero-order valence-electron chi connectivity index (χ0n) is 12.3. The maximum atomic E-state index is 11.1. The van der Waals surface area contributed by atoms with Gasteiger partial charge in [-0.05, 0) is 44.9 Å². The fourth-order valence-electron chi connectivity index (χ4n) is 2.76. The highest BCUT2D eigenvalue weighted by molar-refractivity contribution is 8.14. The van der Waals surface area contributed by atoms with E-state index in [2.05, 4.69) is 19.2 Å². The van der Waals surface area contributed by atoms with E-state index < -0.39 is 10.8 Å². The van der Waals surface area contributed by atoms with Gasteiger partial charge < -0.3 is 5.32 Å². The molecule has 1 heterocycles. The van der Waals surface area contributed by atoms with Crippen LogP contribution in [-0.2, 0) is 10.8 Å². The molecule has 2 unspecified atom stereocenters. The molecule has 1 aliphatic carbocycles. The number of hydrogen-bond donors (Lipinski definition) is 1. The van der Waals surface area contributed by atoms with Gasteiger partial charge in [-0.25, -0.2) is 0 Å². The molecular weight excluding hydrogens is 276 g/mol. The molecule has 1 spiro atoms. The Bertz CT molecular complexity index is 362. The number of nitrogens with one attached hydrogen (secondary N) is 1. The lowest BCUT2D eigenvalue weighted by molar-refractivity contribution is 0.250. The highest BCUT2D eigenvalue weighted by Gasteiger charge is 2.39. The second-order valence-electron chi connectivity index (χ2n) is 6.23. The van der Waals surface area contributed by atoms with Crippen molar-refractivity contribution in [3.05, 3.63) is 0 Å². The molecule has 0 aromatic rings. The smallest absolute Gasteiger partial charge is 0.157 e. The Kier molecular flexibility index (Phi) is 5.35. The Balaban J connectivity index is 1.85. The first-order chi connectivity index (χ1) is 8.99. The molecule has 2 rings (SSSR count). The summed E-state index contributed by atoms with van der Waals surface area (Å²) in [5.41, 5.74) is 0.323. The van der Waals surface area contributed by atoms with Crippen molar-refractivity contribution in [1.82, 2.24) is 5.32 Å². The Hall–Kier alpha value is -0.0300. The summed E-state index contributed by atoms with van der Waals surface area (Å²) in [4.78, 5) is 4.75. The molecule has 1 aliphatic heterocycles. The Morgan fingerprint density at radius 2 is 2.21 bits per heavy atom. The molecule has 2 aliphatic rings. The van der Waals surface area contributed by atoms with Gasteiger partial charge in [0.2, 0.25) is 0 Å². The van der Waals surface area contributed by atoms with Gasteiger partial charge in [-0.2, -0.15) is 0 Å². The van der Waals surface area contributed by atoms with E-state index in [0.717, 1.165) is 23.3 Å². The molecule has 110 valence electrons. The molecule has 1 saturated heterocycles. The Labute approximate surface area is 123 Å². The molecule has 0 amide bonds. The summed E-state index contributed by atoms with van der Waals surface area (Å²) in [5, 5.41) is 4.80. The normalized spacial score (nSPS) is 36.4. The van der Waals surface area contributed by atoms with Crippen molar-refractivity contribution in [2.45, 2.75) is 57.5 Å². The number of hydrogen-bond acceptors (Lipinski definition) is 3. The van der Waals surface area contributed by atoms with Crippen LogP contribution in [0.25, 0.3) is 0 Å². The Morgan fingerprint density at radius 1 is 1.53 bits per heavy atom. The predicted octanol–water partition coefficient (Wildman–Crippen LogP) is 2.78. The minimum absolute atomic E-state index is 0.275. The first-order valence-corrected chi connectivity index (χ1v) is 9.99. The quantitative estimate of drug-likeness (QED) is 0.868. The van der Waals surface area contributed by atoms with Crippen LogP contribution in [0.5, 0.6) is 0 Å². The third kappa shape index (κ3) is 4.48. The van der Waals surface area contributed by atoms with Gasteiger partial charge in [-0.3, -0.25) is 9.20 Å². The van der Waals surface area contributed by atoms with Crippen LogP contribution in [0, 0.1) is 5.92 Å². The molecule has 2 fully saturated rings. The van der Waals surface area contributed by atoms with Crippen LogP contribution in [0.3, 0.4) is 0 Å². The molecule has 0 aromatic carbocycles. The van der Waals surface area contributed by atoms with Gasteiger partial charge in [0.1, 0.15) is 0 Å². The molecule has 1 saturated carbocycles. The van der Waals surface area contributed by atoms with Gasteiger partial charge in [0, 0.05) is 34.1 Å². The molecule has 0 bridgehead atoms. The highest BCUT2D eigenvalue weighted by atomic mass is 32.2. The average molecular weight is 303 g/mol. The summed E-state index contributed by atoms with van der Waals surface area (Å²) >= 11 is 1.87. The molecule has 5 heteroatoms. The van der Waals surface area contributed by atoms with Crippen molar-refractivity contribution < 1.29 is 4.21 Å². The molecule has 2 atom stereocenters. The van der Waals surface area contributed by atoms with Crippen molar-refractivity contribution in [1.29, 1.82) is 0 Å². The lowest BCUT2D eigenvalue weighted by Gasteiger charge is -2.35. The summed E-state index contributed by atoms with van der Waals surface area (Å²) in [5.74, 6) is 2.81. The summed E-state index contributed by atoms with van der Waals surface area (Å²) in [6.07, 6.45) is 7.93. The lowest BCUT2D eigenvalue weighted by Crippen LogP contribution is -2.46. The fraction of sp³-hybridized carbons (Fsp3) is 0.929. The van der Waals surface area contributed by atoms with Crippen LogP contribution in [0.2, 0.25) is 0 Å². The van der Waals surface area contributed by atoms with Gasteiger partial charge >= 0.3 is 0 Å². The summed E-state index contributed by atoms with van der Waals surface area (Å²) in [6.45, 7) is 4.48. The van der Waals surface area contributed by atoms with E-state index in [1.165, 1.54) is 31.4 Å². The van der Waals surface area contributed by atoms with Gasteiger partial charge in [0.25, 0.3) is 0 Å². The SMILES string of the molecule is CC1CCC2(CC1)CSC(=NC(C)CCS(C)=O)N2. The molecular formula is C14H26N2OS2. The van der Waals surface area contributed by atoms with Gasteiger partial charge in [0.15, 0.2) is 5.17 Å². The predicted molar refractivity (Wildman–Crippen MR) is 86.4 cm³/mol. The maximum Gasteiger partial charge on any atom is 0.157 e. The number of nitrogens with zero attached hydrogens (tertiary/aromatic N) is 1. The van der Waals surface area contributed by atoms with Crippen LogP contribution < -0.4 is 5.32 Å². The summed E-state index contributed by atoms with van der Waals surface area (Å²) < 4.78 is 11.1. The lowest BCUT2D eigenvalue weighted by atomic mass is 9.78. The molecule has 1 N–H and O–H groups in total. The number of aliphatic imine (C=N–C) groups is 1. The topological polar surface area (TPSA) is 41.5 Å². The Morgan fingerprint density at radius 3 is 2.84 bits per heavy atom. The van der Waals surface area contributed by atoms with Crippen molar-refractivity contribution >= 4 is 27.7 Å². The first-order valence-electron chi connectivity index (χ1n) is 7.28. The van der Waals surface area contributed by atoms with Crippen LogP contribution in [0.15, 0.2) is 4.99 Å². The van der Waals surface area contributed by atoms with Gasteiger partial charge in [-0.1, -0.05) is 18.7 Å². The minimum atomic E-state index is -0.701. The van der Waals surface area contributed by atoms with Gasteiger partial charge in [-0.15, -0.1) is 0 Å². The zero-order chi connectivity index (χ0) is 13.9. The van der Waals surface area contributed by atoms with E-state index in [-0.39, 0.29) is 6.04 Å². The molecule has 3 nitrogen and oxygen atoms in total. The van der Waals surface area contributed by atoms with Gasteiger partial charge in [0.05, 0.1) is 6.04 Å². The molecule has 19 heavy (non-hydrogen) atoms. The third-order valence-corrected chi connectivity index (χ3v) is 6.24. The standard InChI is InChI=1S/C14H26N2OS2/c1-11-4-7-14(8-5-11)10-18-13(16-14)15-12(2)6-9-19(3)17/h11-12H,4-10H2,1-3H3,(H,15,16). The van der Waals surface area contributed by atoms with Crippen LogP contribution in [-0.4, -0.2) is 38.7 Å². The van der Waals surface area contributed by atoms with Crippen LogP contribution in [0.1, 0.15) is 46.0 Å². The number of amidine groups is 1. The van der Waals surface area contributed by atoms with E-state index in [0.29, 0.717) is 5.54 Å². The number of rotatable bonds is 4. The number of thioether (sulfide) groups is 1. The second-order valence-corrected chi connectivity index (χ2v) is 8.74. The largest absolute Gasteiger partial charge is 0.359 e. The molecule has 0 aromatic heterocycles. The van der Waals surface area contributed by atoms with E-state index in [1.54, 1.807) is 6.26 Å². The maximum absolute atomic E-state index is 11.1. The van der Waals surface area contributed by atoms with Crippen molar-refractivity contribution in [2.24, 2.45) is 10.9 Å². The van der Waals surface area contributed by atoms with Crippen LogP contribution >= 0.6 is 11.8 Å². The van der Waals surface area contributed by atoms with E-state index in [4.69, 9.17) is 4.99 Å². The minimum Gasteiger partial charge on any atom is -0.359 e. The zero-order valence-corrected chi connectivity index (χ0v) is 13.9. The van der Waals surface area contributed by atoms with Crippen molar-refractivity contribution in [3.63, 3.8) is 0 Å². The van der Waals surface area contributed by atoms with Crippen molar-refractivity contribution in [2.75, 3.05) is 17.8 Å². The van der Waals surface area contributed by atoms with Crippen molar-refractivity contribution in [3.8, 4) is 0 Å². The summed E-state index contributed by atoms with van der Waals surface area (Å²) in [7, 11) is -0.701. The second kappa shape index (κ2) is 6.61. The monoisotopic (exact) mass is 302 g/mol. The van der Waals surface area contributed by atoms with E-state index >= 15 is 0 Å². The fourth-order valence-corrected chi connectivity index (χ4v) is 4.75. The van der Waals surface area contributed by atoms with Crippen LogP contribution in [0.4, 0.5) is 0 Å². The highest BCUT2D eigenvalue weighted by Crippen LogP contribution is 2.38. The first kappa shape index (κ1) is 15.4. The van der Waals surface area contributed by atoms with E-state index in [9.17, 15) is 4.21 Å². The third-order valence-electron chi connectivity index (χ3n) is 4.25. The molecule has 0 radical (unpaired) electrons. The summed E-state index contributed by atoms with van der Waals surface area (Å²) in [6, 6.07) is 0.275. The van der Waals surface area contributed by atoms with E-state index in [1.807, 2.05) is 11.8 Å².